The normalized spacial score (nSPS) is 17.5. The maximum Gasteiger partial charge on any atom is 0.327 e. The lowest BCUT2D eigenvalue weighted by molar-refractivity contribution is -0.132. The third kappa shape index (κ3) is 4.91. The van der Waals surface area contributed by atoms with Crippen LogP contribution in [0.25, 0.3) is 22.6 Å². The third-order valence-electron chi connectivity index (χ3n) is 7.42. The Labute approximate surface area is 218 Å². The number of H-pyrrole nitrogens is 1. The number of nitrogens with one attached hydrogen (secondary N) is 2. The summed E-state index contributed by atoms with van der Waals surface area (Å²) in [7, 11) is 0. The van der Waals surface area contributed by atoms with Gasteiger partial charge < -0.3 is 14.6 Å². The Morgan fingerprint density at radius 1 is 1.11 bits per heavy atom. The van der Waals surface area contributed by atoms with Crippen LogP contribution in [-0.2, 0) is 11.2 Å². The van der Waals surface area contributed by atoms with Gasteiger partial charge in [-0.2, -0.15) is 0 Å². The van der Waals surface area contributed by atoms with Crippen LogP contribution in [0.4, 0.5) is 0 Å². The highest BCUT2D eigenvalue weighted by molar-refractivity contribution is 6.30. The largest absolute Gasteiger partial charge is 0.420 e. The minimum Gasteiger partial charge on any atom is -0.420 e. The summed E-state index contributed by atoms with van der Waals surface area (Å²) >= 11 is 6.41. The maximum atomic E-state index is 13.0. The molecular formula is C26H28ClN7O3. The van der Waals surface area contributed by atoms with Crippen molar-refractivity contribution in [2.24, 2.45) is 0 Å². The Morgan fingerprint density at radius 2 is 1.92 bits per heavy atom. The zero-order valence-electron chi connectivity index (χ0n) is 20.3. The highest BCUT2D eigenvalue weighted by Gasteiger charge is 2.27. The number of imidazole rings is 1. The van der Waals surface area contributed by atoms with Crippen molar-refractivity contribution in [2.75, 3.05) is 26.2 Å². The summed E-state index contributed by atoms with van der Waals surface area (Å²) in [5.41, 5.74) is 3.15. The number of carbonyl (C=O) groups is 1. The van der Waals surface area contributed by atoms with Crippen LogP contribution in [0.1, 0.15) is 49.1 Å². The van der Waals surface area contributed by atoms with Gasteiger partial charge in [-0.3, -0.25) is 14.3 Å². The number of carbonyl (C=O) groups excluding carboxylic acids is 1. The number of likely N-dealkylation sites (tertiary alicyclic amines) is 1. The van der Waals surface area contributed by atoms with Crippen molar-refractivity contribution in [1.29, 1.82) is 0 Å². The minimum absolute atomic E-state index is 0.0153. The van der Waals surface area contributed by atoms with Crippen molar-refractivity contribution in [2.45, 2.75) is 44.1 Å². The molecule has 2 aliphatic rings. The molecular weight excluding hydrogens is 494 g/mol. The summed E-state index contributed by atoms with van der Waals surface area (Å²) in [4.78, 5) is 34.3. The van der Waals surface area contributed by atoms with Gasteiger partial charge in [0.05, 0.1) is 5.52 Å². The predicted molar refractivity (Wildman–Crippen MR) is 138 cm³/mol. The van der Waals surface area contributed by atoms with E-state index in [1.807, 2.05) is 24.3 Å². The standard InChI is InChI=1S/C26H28ClN7O3/c27-19-13-17(16-3-8-28-9-4-16)12-18(14-19)25-32-31-22(37-25)15-23(35)33-10-5-20(6-11-33)34-21-2-1-7-29-24(21)30-26(34)36/h1-2,7,12-14,16,20,28H,3-6,8-11,15H2,(H,29,30,36). The van der Waals surface area contributed by atoms with Gasteiger partial charge in [0.1, 0.15) is 6.42 Å². The van der Waals surface area contributed by atoms with Crippen LogP contribution in [0, 0.1) is 0 Å². The van der Waals surface area contributed by atoms with Gasteiger partial charge in [-0.1, -0.05) is 11.6 Å². The van der Waals surface area contributed by atoms with Gasteiger partial charge in [0.25, 0.3) is 0 Å². The highest BCUT2D eigenvalue weighted by atomic mass is 35.5. The summed E-state index contributed by atoms with van der Waals surface area (Å²) < 4.78 is 7.64. The van der Waals surface area contributed by atoms with Gasteiger partial charge in [0, 0.05) is 35.9 Å². The van der Waals surface area contributed by atoms with Crippen LogP contribution < -0.4 is 11.0 Å². The zero-order valence-corrected chi connectivity index (χ0v) is 21.1. The van der Waals surface area contributed by atoms with E-state index in [9.17, 15) is 9.59 Å². The molecule has 192 valence electrons. The molecule has 37 heavy (non-hydrogen) atoms. The van der Waals surface area contributed by atoms with Crippen LogP contribution in [-0.4, -0.2) is 61.7 Å². The molecule has 0 radical (unpaired) electrons. The summed E-state index contributed by atoms with van der Waals surface area (Å²) in [5.74, 6) is 1.03. The monoisotopic (exact) mass is 521 g/mol. The summed E-state index contributed by atoms with van der Waals surface area (Å²) in [5, 5.41) is 12.3. The SMILES string of the molecule is O=C(Cc1nnc(-c2cc(Cl)cc(C3CCNCC3)c2)o1)N1CCC(n2c(=O)[nH]c3ncccc32)CC1. The van der Waals surface area contributed by atoms with Crippen molar-refractivity contribution in [3.05, 3.63) is 63.5 Å². The van der Waals surface area contributed by atoms with Gasteiger partial charge in [-0.15, -0.1) is 10.2 Å². The van der Waals surface area contributed by atoms with Crippen molar-refractivity contribution in [3.63, 3.8) is 0 Å². The van der Waals surface area contributed by atoms with Crippen LogP contribution in [0.5, 0.6) is 0 Å². The van der Waals surface area contributed by atoms with Gasteiger partial charge in [0.2, 0.25) is 17.7 Å². The Bertz CT molecular complexity index is 1480. The van der Waals surface area contributed by atoms with Gasteiger partial charge in [-0.25, -0.2) is 9.78 Å². The number of halogens is 1. The number of rotatable bonds is 5. The number of amides is 1. The van der Waals surface area contributed by atoms with E-state index in [4.69, 9.17) is 16.0 Å². The number of piperidine rings is 2. The fraction of sp³-hybridized carbons (Fsp3) is 0.423. The molecule has 3 aromatic heterocycles. The number of hydrogen-bond donors (Lipinski definition) is 2. The number of hydrogen-bond acceptors (Lipinski definition) is 7. The number of aromatic nitrogens is 5. The first-order valence-electron chi connectivity index (χ1n) is 12.7. The van der Waals surface area contributed by atoms with Crippen LogP contribution in [0.15, 0.2) is 45.7 Å². The van der Waals surface area contributed by atoms with Crippen LogP contribution >= 0.6 is 11.6 Å². The lowest BCUT2D eigenvalue weighted by Crippen LogP contribution is -2.41. The average Bonchev–Trinajstić information content (AvgIpc) is 3.52. The molecule has 0 saturated carbocycles. The van der Waals surface area contributed by atoms with E-state index in [0.29, 0.717) is 48.4 Å². The predicted octanol–water partition coefficient (Wildman–Crippen LogP) is 3.30. The Morgan fingerprint density at radius 3 is 2.73 bits per heavy atom. The Balaban J connectivity index is 1.10. The van der Waals surface area contributed by atoms with Crippen LogP contribution in [0.2, 0.25) is 5.02 Å². The molecule has 2 N–H and O–H groups in total. The summed E-state index contributed by atoms with van der Waals surface area (Å²) in [6.45, 7) is 3.09. The third-order valence-corrected chi connectivity index (χ3v) is 7.64. The molecule has 0 aliphatic carbocycles. The molecule has 0 spiro atoms. The number of benzene rings is 1. The summed E-state index contributed by atoms with van der Waals surface area (Å²) in [6, 6.07) is 9.61. The van der Waals surface area contributed by atoms with E-state index < -0.39 is 0 Å². The molecule has 1 amide bonds. The van der Waals surface area contributed by atoms with E-state index in [0.717, 1.165) is 37.0 Å². The Hall–Kier alpha value is -3.50. The number of nitrogens with zero attached hydrogens (tertiary/aromatic N) is 5. The highest BCUT2D eigenvalue weighted by Crippen LogP contribution is 2.32. The fourth-order valence-electron chi connectivity index (χ4n) is 5.50. The lowest BCUT2D eigenvalue weighted by Gasteiger charge is -2.32. The topological polar surface area (TPSA) is 122 Å². The van der Waals surface area contributed by atoms with E-state index in [-0.39, 0.29) is 30.0 Å². The summed E-state index contributed by atoms with van der Waals surface area (Å²) in [6.07, 6.45) is 5.19. The van der Waals surface area contributed by atoms with E-state index >= 15 is 0 Å². The molecule has 2 fully saturated rings. The van der Waals surface area contributed by atoms with Crippen molar-refractivity contribution in [3.8, 4) is 11.5 Å². The van der Waals surface area contributed by atoms with Crippen LogP contribution in [0.3, 0.4) is 0 Å². The lowest BCUT2D eigenvalue weighted by atomic mass is 9.89. The molecule has 0 atom stereocenters. The molecule has 4 aromatic rings. The smallest absolute Gasteiger partial charge is 0.327 e. The number of aromatic amines is 1. The van der Waals surface area contributed by atoms with Gasteiger partial charge in [-0.05, 0) is 80.6 Å². The van der Waals surface area contributed by atoms with Gasteiger partial charge in [0.15, 0.2) is 5.65 Å². The number of pyridine rings is 1. The first-order chi connectivity index (χ1) is 18.0. The second-order valence-corrected chi connectivity index (χ2v) is 10.2. The molecule has 2 saturated heterocycles. The number of fused-ring (bicyclic) bond motifs is 1. The Kier molecular flexibility index (Phi) is 6.52. The molecule has 5 heterocycles. The van der Waals surface area contributed by atoms with Crippen molar-refractivity contribution < 1.29 is 9.21 Å². The van der Waals surface area contributed by atoms with Crippen molar-refractivity contribution in [1.82, 2.24) is 34.9 Å². The zero-order chi connectivity index (χ0) is 25.4. The molecule has 2 aliphatic heterocycles. The second kappa shape index (κ2) is 10.1. The minimum atomic E-state index is -0.166. The fourth-order valence-corrected chi connectivity index (χ4v) is 5.75. The molecule has 10 nitrogen and oxygen atoms in total. The molecule has 0 bridgehead atoms. The molecule has 6 rings (SSSR count). The average molecular weight is 522 g/mol. The molecule has 1 aromatic carbocycles. The molecule has 0 unspecified atom stereocenters. The van der Waals surface area contributed by atoms with E-state index in [1.54, 1.807) is 15.7 Å². The maximum absolute atomic E-state index is 13.0. The van der Waals surface area contributed by atoms with Crippen molar-refractivity contribution >= 4 is 28.7 Å². The van der Waals surface area contributed by atoms with E-state index in [1.165, 1.54) is 5.56 Å². The first kappa shape index (κ1) is 23.9. The quantitative estimate of drug-likeness (QED) is 0.413. The second-order valence-electron chi connectivity index (χ2n) is 9.76. The molecule has 11 heteroatoms. The van der Waals surface area contributed by atoms with E-state index in [2.05, 4.69) is 31.5 Å². The van der Waals surface area contributed by atoms with Gasteiger partial charge >= 0.3 is 5.69 Å². The first-order valence-corrected chi connectivity index (χ1v) is 13.1.